The second kappa shape index (κ2) is 5.88. The number of carbonyl (C=O) groups is 1. The van der Waals surface area contributed by atoms with Crippen LogP contribution in [-0.4, -0.2) is 33.0 Å². The third-order valence-electron chi connectivity index (χ3n) is 5.37. The van der Waals surface area contributed by atoms with Gasteiger partial charge in [0.25, 0.3) is 5.91 Å². The lowest BCUT2D eigenvalue weighted by atomic mass is 9.80. The van der Waals surface area contributed by atoms with Gasteiger partial charge in [0.15, 0.2) is 0 Å². The molecule has 2 aliphatic heterocycles. The first-order chi connectivity index (χ1) is 12.0. The number of nitrogens with zero attached hydrogens (tertiary/aromatic N) is 2. The van der Waals surface area contributed by atoms with Crippen molar-refractivity contribution in [1.29, 1.82) is 0 Å². The Morgan fingerprint density at radius 3 is 2.44 bits per heavy atom. The van der Waals surface area contributed by atoms with Crippen molar-refractivity contribution in [3.63, 3.8) is 0 Å². The van der Waals surface area contributed by atoms with E-state index < -0.39 is 17.4 Å². The summed E-state index contributed by atoms with van der Waals surface area (Å²) in [6.45, 7) is 0. The van der Waals surface area contributed by atoms with Crippen molar-refractivity contribution in [3.05, 3.63) is 65.5 Å². The Morgan fingerprint density at radius 1 is 1.12 bits per heavy atom. The molecule has 2 bridgehead atoms. The highest BCUT2D eigenvalue weighted by molar-refractivity contribution is 5.95. The van der Waals surface area contributed by atoms with E-state index in [1.165, 1.54) is 24.4 Å². The summed E-state index contributed by atoms with van der Waals surface area (Å²) < 4.78 is 28.1. The first-order valence-corrected chi connectivity index (χ1v) is 8.40. The zero-order valence-corrected chi connectivity index (χ0v) is 13.5. The summed E-state index contributed by atoms with van der Waals surface area (Å²) in [4.78, 5) is 18.1. The molecular weight excluding hydrogens is 326 g/mol. The Labute approximate surface area is 144 Å². The third-order valence-corrected chi connectivity index (χ3v) is 5.37. The van der Waals surface area contributed by atoms with Crippen molar-refractivity contribution < 1.29 is 18.7 Å². The van der Waals surface area contributed by atoms with Crippen LogP contribution in [0.5, 0.6) is 0 Å². The van der Waals surface area contributed by atoms with Gasteiger partial charge in [0.2, 0.25) is 5.95 Å². The predicted molar refractivity (Wildman–Crippen MR) is 86.7 cm³/mol. The molecule has 2 saturated heterocycles. The Hall–Kier alpha value is -2.34. The van der Waals surface area contributed by atoms with Gasteiger partial charge in [-0.1, -0.05) is 18.2 Å². The number of carbonyl (C=O) groups excluding carboxylic acids is 1. The van der Waals surface area contributed by atoms with Gasteiger partial charge in [0.05, 0.1) is 11.2 Å². The molecule has 0 aliphatic carbocycles. The van der Waals surface area contributed by atoms with Gasteiger partial charge in [0, 0.05) is 36.7 Å². The zero-order valence-electron chi connectivity index (χ0n) is 13.5. The maximum atomic E-state index is 14.1. The molecule has 2 fully saturated rings. The maximum absolute atomic E-state index is 14.1. The topological polar surface area (TPSA) is 53.4 Å². The van der Waals surface area contributed by atoms with Gasteiger partial charge >= 0.3 is 0 Å². The van der Waals surface area contributed by atoms with E-state index in [4.69, 9.17) is 0 Å². The molecule has 6 heteroatoms. The number of benzene rings is 1. The predicted octanol–water partition coefficient (Wildman–Crippen LogP) is 3.01. The molecule has 25 heavy (non-hydrogen) atoms. The van der Waals surface area contributed by atoms with Crippen LogP contribution in [0.2, 0.25) is 0 Å². The average molecular weight is 344 g/mol. The van der Waals surface area contributed by atoms with Crippen LogP contribution in [0.15, 0.2) is 42.6 Å². The summed E-state index contributed by atoms with van der Waals surface area (Å²) in [5.41, 5.74) is -1.14. The van der Waals surface area contributed by atoms with Crippen molar-refractivity contribution in [2.75, 3.05) is 0 Å². The number of aliphatic hydroxyl groups is 1. The minimum absolute atomic E-state index is 0.0393. The molecule has 0 saturated carbocycles. The van der Waals surface area contributed by atoms with Gasteiger partial charge < -0.3 is 10.0 Å². The maximum Gasteiger partial charge on any atom is 0.257 e. The molecule has 0 radical (unpaired) electrons. The fraction of sp³-hybridized carbons (Fsp3) is 0.368. The van der Waals surface area contributed by atoms with Crippen molar-refractivity contribution in [1.82, 2.24) is 9.88 Å². The highest BCUT2D eigenvalue weighted by atomic mass is 19.1. The third kappa shape index (κ3) is 2.61. The molecule has 1 aromatic carbocycles. The lowest BCUT2D eigenvalue weighted by molar-refractivity contribution is -0.0505. The molecule has 1 N–H and O–H groups in total. The van der Waals surface area contributed by atoms with Gasteiger partial charge in [-0.2, -0.15) is 4.39 Å². The highest BCUT2D eigenvalue weighted by Gasteiger charge is 2.51. The quantitative estimate of drug-likeness (QED) is 0.852. The molecule has 4 rings (SSSR count). The van der Waals surface area contributed by atoms with Crippen LogP contribution in [0.4, 0.5) is 8.78 Å². The van der Waals surface area contributed by atoms with Crippen LogP contribution in [0.3, 0.4) is 0 Å². The minimum Gasteiger partial charge on any atom is -0.385 e. The largest absolute Gasteiger partial charge is 0.385 e. The van der Waals surface area contributed by atoms with Crippen molar-refractivity contribution in [3.8, 4) is 0 Å². The second-order valence-electron chi connectivity index (χ2n) is 6.86. The van der Waals surface area contributed by atoms with E-state index in [1.807, 2.05) is 0 Å². The van der Waals surface area contributed by atoms with Gasteiger partial charge in [-0.05, 0) is 31.0 Å². The monoisotopic (exact) mass is 344 g/mol. The Kier molecular flexibility index (Phi) is 3.80. The summed E-state index contributed by atoms with van der Waals surface area (Å²) in [6.07, 6.45) is 3.23. The number of amides is 1. The number of halogens is 2. The lowest BCUT2D eigenvalue weighted by Gasteiger charge is -2.44. The van der Waals surface area contributed by atoms with E-state index in [2.05, 4.69) is 4.98 Å². The van der Waals surface area contributed by atoms with Crippen molar-refractivity contribution >= 4 is 5.91 Å². The molecule has 130 valence electrons. The molecule has 2 atom stereocenters. The van der Waals surface area contributed by atoms with Crippen molar-refractivity contribution in [2.24, 2.45) is 0 Å². The van der Waals surface area contributed by atoms with E-state index in [9.17, 15) is 18.7 Å². The van der Waals surface area contributed by atoms with E-state index in [0.29, 0.717) is 0 Å². The standard InChI is InChI=1S/C19H18F2N2O2/c20-16-6-2-1-4-14(16)18(24)23-12-7-8-13(23)11-19(25,10-12)15-5-3-9-22-17(15)21/h1-6,9,12-13,25H,7-8,10-11H2. The smallest absolute Gasteiger partial charge is 0.257 e. The van der Waals surface area contributed by atoms with Crippen LogP contribution in [-0.2, 0) is 5.60 Å². The van der Waals surface area contributed by atoms with Crippen LogP contribution in [0.25, 0.3) is 0 Å². The number of aromatic nitrogens is 1. The van der Waals surface area contributed by atoms with E-state index in [-0.39, 0.29) is 42.0 Å². The van der Waals surface area contributed by atoms with Crippen LogP contribution >= 0.6 is 0 Å². The van der Waals surface area contributed by atoms with Gasteiger partial charge in [-0.3, -0.25) is 4.79 Å². The highest BCUT2D eigenvalue weighted by Crippen LogP contribution is 2.46. The van der Waals surface area contributed by atoms with E-state index in [0.717, 1.165) is 12.8 Å². The SMILES string of the molecule is O=C(c1ccccc1F)N1C2CCC1CC(O)(c1cccnc1F)C2. The summed E-state index contributed by atoms with van der Waals surface area (Å²) >= 11 is 0. The average Bonchev–Trinajstić information content (AvgIpc) is 2.87. The van der Waals surface area contributed by atoms with Gasteiger partial charge in [-0.15, -0.1) is 0 Å². The molecule has 2 aromatic rings. The fourth-order valence-corrected chi connectivity index (χ4v) is 4.28. The molecule has 1 aromatic heterocycles. The number of piperidine rings is 1. The summed E-state index contributed by atoms with van der Waals surface area (Å²) in [6, 6.07) is 8.56. The summed E-state index contributed by atoms with van der Waals surface area (Å²) in [5.74, 6) is -1.59. The first kappa shape index (κ1) is 16.1. The zero-order chi connectivity index (χ0) is 17.6. The second-order valence-corrected chi connectivity index (χ2v) is 6.86. The lowest BCUT2D eigenvalue weighted by Crippen LogP contribution is -2.52. The van der Waals surface area contributed by atoms with Gasteiger partial charge in [-0.25, -0.2) is 9.37 Å². The van der Waals surface area contributed by atoms with Crippen molar-refractivity contribution in [2.45, 2.75) is 43.4 Å². The van der Waals surface area contributed by atoms with E-state index in [1.54, 1.807) is 23.1 Å². The fourth-order valence-electron chi connectivity index (χ4n) is 4.28. The van der Waals surface area contributed by atoms with E-state index >= 15 is 0 Å². The number of hydrogen-bond acceptors (Lipinski definition) is 3. The molecule has 0 spiro atoms. The molecule has 2 unspecified atom stereocenters. The summed E-state index contributed by atoms with van der Waals surface area (Å²) in [7, 11) is 0. The molecule has 2 aliphatic rings. The number of hydrogen-bond donors (Lipinski definition) is 1. The first-order valence-electron chi connectivity index (χ1n) is 8.40. The van der Waals surface area contributed by atoms with Crippen LogP contribution < -0.4 is 0 Å². The number of pyridine rings is 1. The summed E-state index contributed by atoms with van der Waals surface area (Å²) in [5, 5.41) is 11.0. The minimum atomic E-state index is -1.35. The molecule has 1 amide bonds. The normalized spacial score (nSPS) is 28.2. The number of fused-ring (bicyclic) bond motifs is 2. The number of rotatable bonds is 2. The van der Waals surface area contributed by atoms with Gasteiger partial charge in [0.1, 0.15) is 5.82 Å². The molecule has 4 nitrogen and oxygen atoms in total. The molecular formula is C19H18F2N2O2. The Bertz CT molecular complexity index is 813. The van der Waals surface area contributed by atoms with Crippen LogP contribution in [0.1, 0.15) is 41.6 Å². The van der Waals surface area contributed by atoms with Crippen LogP contribution in [0, 0.1) is 11.8 Å². The Morgan fingerprint density at radius 2 is 1.80 bits per heavy atom. The molecule has 3 heterocycles. The Balaban J connectivity index is 1.64.